The predicted molar refractivity (Wildman–Crippen MR) is 97.3 cm³/mol. The minimum atomic E-state index is -3.50. The lowest BCUT2D eigenvalue weighted by Gasteiger charge is -2.22. The molecule has 8 nitrogen and oxygen atoms in total. The number of aromatic nitrogens is 4. The monoisotopic (exact) mass is 376 g/mol. The molecule has 2 atom stereocenters. The molecule has 0 radical (unpaired) electrons. The highest BCUT2D eigenvalue weighted by molar-refractivity contribution is 7.89. The highest BCUT2D eigenvalue weighted by Crippen LogP contribution is 2.35. The minimum Gasteiger partial charge on any atom is -0.356 e. The lowest BCUT2D eigenvalue weighted by molar-refractivity contribution is 0.451. The van der Waals surface area contributed by atoms with Gasteiger partial charge in [-0.05, 0) is 17.8 Å². The summed E-state index contributed by atoms with van der Waals surface area (Å²) in [6.07, 6.45) is 4.70. The first-order chi connectivity index (χ1) is 12.3. The Hall–Kier alpha value is -2.00. The first-order valence-electron chi connectivity index (χ1n) is 8.89. The summed E-state index contributed by atoms with van der Waals surface area (Å²) in [4.78, 5) is 15.0. The molecule has 2 aromatic heterocycles. The third-order valence-electron chi connectivity index (χ3n) is 5.33. The number of imidazole rings is 1. The quantitative estimate of drug-likeness (QED) is 0.794. The molecule has 0 aromatic carbocycles. The van der Waals surface area contributed by atoms with Crippen LogP contribution in [0.2, 0.25) is 0 Å². The van der Waals surface area contributed by atoms with Gasteiger partial charge in [-0.25, -0.2) is 23.4 Å². The van der Waals surface area contributed by atoms with E-state index in [1.165, 1.54) is 6.33 Å². The summed E-state index contributed by atoms with van der Waals surface area (Å²) in [5, 5.41) is 0.134. The number of fused-ring (bicyclic) bond motifs is 1. The van der Waals surface area contributed by atoms with Crippen molar-refractivity contribution in [2.75, 3.05) is 31.1 Å². The van der Waals surface area contributed by atoms with Crippen LogP contribution in [0, 0.1) is 11.8 Å². The van der Waals surface area contributed by atoms with Crippen LogP contribution in [0.1, 0.15) is 25.5 Å². The first-order valence-corrected chi connectivity index (χ1v) is 10.3. The van der Waals surface area contributed by atoms with Crippen molar-refractivity contribution < 1.29 is 8.42 Å². The van der Waals surface area contributed by atoms with E-state index in [9.17, 15) is 8.42 Å². The van der Waals surface area contributed by atoms with Crippen molar-refractivity contribution in [3.63, 3.8) is 0 Å². The summed E-state index contributed by atoms with van der Waals surface area (Å²) >= 11 is 0. The van der Waals surface area contributed by atoms with E-state index >= 15 is 0 Å². The second-order valence-corrected chi connectivity index (χ2v) is 9.47. The molecule has 2 aromatic rings. The average Bonchev–Trinajstić information content (AvgIpc) is 3.29. The van der Waals surface area contributed by atoms with Gasteiger partial charge < -0.3 is 9.47 Å². The van der Waals surface area contributed by atoms with Crippen molar-refractivity contribution in [3.05, 3.63) is 30.6 Å². The average molecular weight is 376 g/mol. The SMILES string of the molecule is CC(C)c1cc(N2CC3CN(S(=O)(=O)c4cn(C)cn4)CC3C2)ncn1. The van der Waals surface area contributed by atoms with E-state index in [1.807, 2.05) is 6.07 Å². The Morgan fingerprint density at radius 2 is 1.77 bits per heavy atom. The summed E-state index contributed by atoms with van der Waals surface area (Å²) in [5.74, 6) is 1.95. The van der Waals surface area contributed by atoms with Crippen LogP contribution in [0.5, 0.6) is 0 Å². The maximum absolute atomic E-state index is 12.8. The van der Waals surface area contributed by atoms with E-state index in [0.29, 0.717) is 30.8 Å². The van der Waals surface area contributed by atoms with Crippen molar-refractivity contribution in [2.45, 2.75) is 24.8 Å². The summed E-state index contributed by atoms with van der Waals surface area (Å²) < 4.78 is 28.8. The predicted octanol–water partition coefficient (Wildman–Crippen LogP) is 1.09. The fourth-order valence-electron chi connectivity index (χ4n) is 3.84. The lowest BCUT2D eigenvalue weighted by atomic mass is 10.0. The second kappa shape index (κ2) is 6.31. The summed E-state index contributed by atoms with van der Waals surface area (Å²) in [6.45, 7) is 6.97. The van der Waals surface area contributed by atoms with Gasteiger partial charge in [0.1, 0.15) is 12.1 Å². The molecule has 2 saturated heterocycles. The Labute approximate surface area is 153 Å². The zero-order chi connectivity index (χ0) is 18.5. The van der Waals surface area contributed by atoms with E-state index in [1.54, 1.807) is 28.4 Å². The number of aryl methyl sites for hydroxylation is 1. The zero-order valence-electron chi connectivity index (χ0n) is 15.3. The molecule has 0 amide bonds. The fourth-order valence-corrected chi connectivity index (χ4v) is 5.36. The van der Waals surface area contributed by atoms with Crippen LogP contribution in [-0.2, 0) is 17.1 Å². The van der Waals surface area contributed by atoms with Gasteiger partial charge in [-0.3, -0.25) is 0 Å². The number of anilines is 1. The van der Waals surface area contributed by atoms with Crippen LogP contribution >= 0.6 is 0 Å². The molecule has 4 rings (SSSR count). The highest BCUT2D eigenvalue weighted by Gasteiger charge is 2.45. The van der Waals surface area contributed by atoms with Gasteiger partial charge in [-0.1, -0.05) is 13.8 Å². The van der Waals surface area contributed by atoms with Crippen molar-refractivity contribution in [1.82, 2.24) is 23.8 Å². The van der Waals surface area contributed by atoms with Crippen molar-refractivity contribution in [2.24, 2.45) is 18.9 Å². The smallest absolute Gasteiger partial charge is 0.262 e. The normalized spacial score (nSPS) is 23.8. The van der Waals surface area contributed by atoms with Crippen LogP contribution in [0.4, 0.5) is 5.82 Å². The number of hydrogen-bond acceptors (Lipinski definition) is 6. The van der Waals surface area contributed by atoms with Gasteiger partial charge in [-0.2, -0.15) is 4.31 Å². The summed E-state index contributed by atoms with van der Waals surface area (Å²) in [6, 6.07) is 2.05. The van der Waals surface area contributed by atoms with Gasteiger partial charge in [0, 0.05) is 51.2 Å². The molecule has 9 heteroatoms. The Kier molecular flexibility index (Phi) is 4.23. The maximum Gasteiger partial charge on any atom is 0.262 e. The van der Waals surface area contributed by atoms with Crippen LogP contribution < -0.4 is 4.90 Å². The first kappa shape index (κ1) is 17.4. The summed E-state index contributed by atoms with van der Waals surface area (Å²) in [5.41, 5.74) is 1.03. The third-order valence-corrected chi connectivity index (χ3v) is 7.04. The standard InChI is InChI=1S/C17H24N6O2S/c1-12(2)15-4-16(19-10-18-15)22-5-13-7-23(8-14(13)6-22)26(24,25)17-9-21(3)11-20-17/h4,9-14H,5-8H2,1-3H3. The highest BCUT2D eigenvalue weighted by atomic mass is 32.2. The van der Waals surface area contributed by atoms with Gasteiger partial charge in [0.15, 0.2) is 5.03 Å². The topological polar surface area (TPSA) is 84.2 Å². The number of sulfonamides is 1. The summed E-state index contributed by atoms with van der Waals surface area (Å²) in [7, 11) is -1.73. The molecule has 0 aliphatic carbocycles. The van der Waals surface area contributed by atoms with Gasteiger partial charge in [0.2, 0.25) is 0 Å². The van der Waals surface area contributed by atoms with E-state index in [2.05, 4.69) is 33.7 Å². The maximum atomic E-state index is 12.8. The van der Waals surface area contributed by atoms with Gasteiger partial charge >= 0.3 is 0 Å². The van der Waals surface area contributed by atoms with Crippen LogP contribution in [-0.4, -0.2) is 58.4 Å². The molecule has 2 fully saturated rings. The Balaban J connectivity index is 1.47. The molecular weight excluding hydrogens is 352 g/mol. The molecule has 0 N–H and O–H groups in total. The van der Waals surface area contributed by atoms with Crippen molar-refractivity contribution in [1.29, 1.82) is 0 Å². The molecule has 140 valence electrons. The number of nitrogens with zero attached hydrogens (tertiary/aromatic N) is 6. The second-order valence-electron chi connectivity index (χ2n) is 7.58. The molecule has 26 heavy (non-hydrogen) atoms. The molecule has 0 bridgehead atoms. The van der Waals surface area contributed by atoms with Crippen LogP contribution in [0.15, 0.2) is 29.9 Å². The van der Waals surface area contributed by atoms with Crippen molar-refractivity contribution in [3.8, 4) is 0 Å². The largest absolute Gasteiger partial charge is 0.356 e. The fraction of sp³-hybridized carbons (Fsp3) is 0.588. The van der Waals surface area contributed by atoms with Crippen molar-refractivity contribution >= 4 is 15.8 Å². The molecule has 2 aliphatic rings. The molecule has 0 spiro atoms. The molecule has 2 unspecified atom stereocenters. The van der Waals surface area contributed by atoms with E-state index < -0.39 is 10.0 Å². The Bertz CT molecular complexity index is 895. The van der Waals surface area contributed by atoms with Crippen LogP contribution in [0.3, 0.4) is 0 Å². The van der Waals surface area contributed by atoms with E-state index in [4.69, 9.17) is 0 Å². The Morgan fingerprint density at radius 3 is 2.35 bits per heavy atom. The lowest BCUT2D eigenvalue weighted by Crippen LogP contribution is -2.33. The number of hydrogen-bond donors (Lipinski definition) is 0. The van der Waals surface area contributed by atoms with Gasteiger partial charge in [-0.15, -0.1) is 0 Å². The molecule has 0 saturated carbocycles. The van der Waals surface area contributed by atoms with Crippen LogP contribution in [0.25, 0.3) is 0 Å². The molecule has 2 aliphatic heterocycles. The minimum absolute atomic E-state index is 0.134. The Morgan fingerprint density at radius 1 is 1.08 bits per heavy atom. The zero-order valence-corrected chi connectivity index (χ0v) is 16.1. The molecule has 4 heterocycles. The molecular formula is C17H24N6O2S. The van der Waals surface area contributed by atoms with E-state index in [0.717, 1.165) is 24.6 Å². The van der Waals surface area contributed by atoms with E-state index in [-0.39, 0.29) is 5.03 Å². The van der Waals surface area contributed by atoms with Gasteiger partial charge in [0.05, 0.1) is 6.33 Å². The third kappa shape index (κ3) is 2.99. The van der Waals surface area contributed by atoms with Gasteiger partial charge in [0.25, 0.3) is 10.0 Å². The number of rotatable bonds is 4.